The number of ether oxygens (including phenoxy) is 1. The molecule has 1 aliphatic rings. The molecule has 1 aliphatic heterocycles. The molecule has 116 valence electrons. The summed E-state index contributed by atoms with van der Waals surface area (Å²) in [6, 6.07) is 3.87. The van der Waals surface area contributed by atoms with E-state index in [1.807, 2.05) is 4.90 Å². The molecule has 2 heterocycles. The summed E-state index contributed by atoms with van der Waals surface area (Å²) in [6.07, 6.45) is 1.62. The van der Waals surface area contributed by atoms with E-state index in [9.17, 15) is 4.79 Å². The fourth-order valence-corrected chi connectivity index (χ4v) is 3.02. The Morgan fingerprint density at radius 1 is 1.43 bits per heavy atom. The molecule has 0 aromatic carbocycles. The Hall–Kier alpha value is -1.62. The van der Waals surface area contributed by atoms with Crippen LogP contribution in [0.2, 0.25) is 0 Å². The van der Waals surface area contributed by atoms with Crippen molar-refractivity contribution in [2.75, 3.05) is 34.3 Å². The van der Waals surface area contributed by atoms with Crippen LogP contribution in [-0.2, 0) is 0 Å². The monoisotopic (exact) mass is 291 g/mol. The van der Waals surface area contributed by atoms with E-state index in [-0.39, 0.29) is 5.91 Å². The van der Waals surface area contributed by atoms with Gasteiger partial charge in [-0.15, -0.1) is 0 Å². The quantitative estimate of drug-likeness (QED) is 0.848. The van der Waals surface area contributed by atoms with Crippen molar-refractivity contribution in [1.82, 2.24) is 14.8 Å². The molecule has 1 aromatic heterocycles. The summed E-state index contributed by atoms with van der Waals surface area (Å²) in [5, 5.41) is 0. The number of aromatic nitrogens is 1. The van der Waals surface area contributed by atoms with Crippen LogP contribution in [0.1, 0.15) is 24.2 Å². The van der Waals surface area contributed by atoms with Gasteiger partial charge in [0.05, 0.1) is 7.11 Å². The second kappa shape index (κ2) is 6.43. The molecule has 2 unspecified atom stereocenters. The lowest BCUT2D eigenvalue weighted by molar-refractivity contribution is 0.0779. The van der Waals surface area contributed by atoms with Gasteiger partial charge in [0.1, 0.15) is 0 Å². The smallest absolute Gasteiger partial charge is 0.254 e. The average molecular weight is 291 g/mol. The summed E-state index contributed by atoms with van der Waals surface area (Å²) in [6.45, 7) is 6.04. The molecule has 1 saturated heterocycles. The van der Waals surface area contributed by atoms with Crippen LogP contribution in [0.3, 0.4) is 0 Å². The van der Waals surface area contributed by atoms with Gasteiger partial charge in [-0.1, -0.05) is 13.8 Å². The Labute approximate surface area is 126 Å². The van der Waals surface area contributed by atoms with E-state index >= 15 is 0 Å². The number of rotatable bonds is 4. The number of hydrogen-bond acceptors (Lipinski definition) is 4. The maximum Gasteiger partial charge on any atom is 0.254 e. The van der Waals surface area contributed by atoms with Gasteiger partial charge < -0.3 is 14.5 Å². The van der Waals surface area contributed by atoms with Crippen molar-refractivity contribution in [3.63, 3.8) is 0 Å². The lowest BCUT2D eigenvalue weighted by Gasteiger charge is -2.27. The van der Waals surface area contributed by atoms with Crippen molar-refractivity contribution in [2.45, 2.75) is 19.9 Å². The van der Waals surface area contributed by atoms with Gasteiger partial charge in [0.25, 0.3) is 5.91 Å². The standard InChI is InChI=1S/C16H25N3O2/c1-11(2)13-9-19(10-14(13)18(3)4)16(20)12-6-7-17-15(8-12)21-5/h6-8,11,13-14H,9-10H2,1-5H3. The summed E-state index contributed by atoms with van der Waals surface area (Å²) >= 11 is 0. The number of hydrogen-bond donors (Lipinski definition) is 0. The van der Waals surface area contributed by atoms with Crippen molar-refractivity contribution in [3.05, 3.63) is 23.9 Å². The van der Waals surface area contributed by atoms with E-state index in [0.717, 1.165) is 13.1 Å². The molecule has 5 nitrogen and oxygen atoms in total. The topological polar surface area (TPSA) is 45.7 Å². The molecule has 1 amide bonds. The summed E-state index contributed by atoms with van der Waals surface area (Å²) in [4.78, 5) is 20.9. The molecule has 1 aromatic rings. The molecule has 0 N–H and O–H groups in total. The van der Waals surface area contributed by atoms with Crippen LogP contribution in [0.4, 0.5) is 0 Å². The zero-order valence-corrected chi connectivity index (χ0v) is 13.5. The van der Waals surface area contributed by atoms with Crippen LogP contribution in [0.5, 0.6) is 5.88 Å². The number of carbonyl (C=O) groups excluding carboxylic acids is 1. The molecular formula is C16H25N3O2. The molecule has 1 fully saturated rings. The Kier molecular flexibility index (Phi) is 4.83. The highest BCUT2D eigenvalue weighted by Crippen LogP contribution is 2.28. The van der Waals surface area contributed by atoms with Gasteiger partial charge in [0.15, 0.2) is 0 Å². The first-order valence-corrected chi connectivity index (χ1v) is 7.39. The summed E-state index contributed by atoms with van der Waals surface area (Å²) < 4.78 is 5.10. The summed E-state index contributed by atoms with van der Waals surface area (Å²) in [5.41, 5.74) is 0.642. The minimum Gasteiger partial charge on any atom is -0.481 e. The van der Waals surface area contributed by atoms with Crippen LogP contribution in [0.25, 0.3) is 0 Å². The molecule has 0 saturated carbocycles. The Bertz CT molecular complexity index is 486. The van der Waals surface area contributed by atoms with Crippen molar-refractivity contribution < 1.29 is 9.53 Å². The molecule has 0 radical (unpaired) electrons. The van der Waals surface area contributed by atoms with Gasteiger partial charge in [0, 0.05) is 37.0 Å². The van der Waals surface area contributed by atoms with Crippen molar-refractivity contribution >= 4 is 5.91 Å². The second-order valence-corrected chi connectivity index (χ2v) is 6.24. The predicted octanol–water partition coefficient (Wildman–Crippen LogP) is 1.75. The van der Waals surface area contributed by atoms with Crippen LogP contribution < -0.4 is 4.74 Å². The number of likely N-dealkylation sites (N-methyl/N-ethyl adjacent to an activating group) is 1. The first kappa shape index (κ1) is 15.8. The highest BCUT2D eigenvalue weighted by molar-refractivity contribution is 5.94. The van der Waals surface area contributed by atoms with Gasteiger partial charge in [-0.05, 0) is 32.0 Å². The van der Waals surface area contributed by atoms with Gasteiger partial charge >= 0.3 is 0 Å². The van der Waals surface area contributed by atoms with E-state index in [2.05, 4.69) is 37.8 Å². The Balaban J connectivity index is 2.16. The molecule has 2 rings (SSSR count). The largest absolute Gasteiger partial charge is 0.481 e. The molecule has 0 bridgehead atoms. The first-order valence-electron chi connectivity index (χ1n) is 7.39. The van der Waals surface area contributed by atoms with Crippen molar-refractivity contribution in [2.24, 2.45) is 11.8 Å². The Morgan fingerprint density at radius 2 is 2.14 bits per heavy atom. The van der Waals surface area contributed by atoms with E-state index in [4.69, 9.17) is 4.74 Å². The number of carbonyl (C=O) groups is 1. The zero-order valence-electron chi connectivity index (χ0n) is 13.5. The minimum atomic E-state index is 0.0608. The molecule has 21 heavy (non-hydrogen) atoms. The number of likely N-dealkylation sites (tertiary alicyclic amines) is 1. The zero-order chi connectivity index (χ0) is 15.6. The lowest BCUT2D eigenvalue weighted by atomic mass is 9.91. The van der Waals surface area contributed by atoms with E-state index in [1.54, 1.807) is 25.4 Å². The molecule has 0 spiro atoms. The SMILES string of the molecule is COc1cc(C(=O)N2CC(C(C)C)C(N(C)C)C2)ccn1. The molecule has 0 aliphatic carbocycles. The number of methoxy groups -OCH3 is 1. The highest BCUT2D eigenvalue weighted by Gasteiger charge is 2.38. The highest BCUT2D eigenvalue weighted by atomic mass is 16.5. The maximum absolute atomic E-state index is 12.7. The van der Waals surface area contributed by atoms with Crippen molar-refractivity contribution in [3.8, 4) is 5.88 Å². The predicted molar refractivity (Wildman–Crippen MR) is 82.5 cm³/mol. The van der Waals surface area contributed by atoms with Gasteiger partial charge in [-0.3, -0.25) is 4.79 Å². The van der Waals surface area contributed by atoms with E-state index < -0.39 is 0 Å². The lowest BCUT2D eigenvalue weighted by Crippen LogP contribution is -2.37. The third-order valence-electron chi connectivity index (χ3n) is 4.33. The molecule has 5 heteroatoms. The number of pyridine rings is 1. The third-order valence-corrected chi connectivity index (χ3v) is 4.33. The maximum atomic E-state index is 12.7. The van der Waals surface area contributed by atoms with Crippen LogP contribution in [0, 0.1) is 11.8 Å². The van der Waals surface area contributed by atoms with Crippen LogP contribution in [-0.4, -0.2) is 61.0 Å². The molecule has 2 atom stereocenters. The van der Waals surface area contributed by atoms with E-state index in [1.165, 1.54) is 0 Å². The fraction of sp³-hybridized carbons (Fsp3) is 0.625. The van der Waals surface area contributed by atoms with Gasteiger partial charge in [-0.2, -0.15) is 0 Å². The number of amides is 1. The minimum absolute atomic E-state index is 0.0608. The van der Waals surface area contributed by atoms with Crippen molar-refractivity contribution in [1.29, 1.82) is 0 Å². The van der Waals surface area contributed by atoms with Crippen LogP contribution in [0.15, 0.2) is 18.3 Å². The van der Waals surface area contributed by atoms with Crippen LogP contribution >= 0.6 is 0 Å². The fourth-order valence-electron chi connectivity index (χ4n) is 3.02. The Morgan fingerprint density at radius 3 is 2.67 bits per heavy atom. The summed E-state index contributed by atoms with van der Waals surface area (Å²) in [7, 11) is 5.73. The third kappa shape index (κ3) is 3.35. The average Bonchev–Trinajstić information content (AvgIpc) is 2.92. The normalized spacial score (nSPS) is 22.1. The van der Waals surface area contributed by atoms with Gasteiger partial charge in [0.2, 0.25) is 5.88 Å². The second-order valence-electron chi connectivity index (χ2n) is 6.24. The first-order chi connectivity index (χ1) is 9.93. The number of nitrogens with zero attached hydrogens (tertiary/aromatic N) is 3. The molecular weight excluding hydrogens is 266 g/mol. The van der Waals surface area contributed by atoms with Gasteiger partial charge in [-0.25, -0.2) is 4.98 Å². The van der Waals surface area contributed by atoms with E-state index in [0.29, 0.717) is 29.3 Å². The summed E-state index contributed by atoms with van der Waals surface area (Å²) in [5.74, 6) is 1.60.